The molecular weight excluding hydrogens is 442 g/mol. The molecule has 180 valence electrons. The van der Waals surface area contributed by atoms with Crippen molar-refractivity contribution < 1.29 is 15.7 Å². The molecule has 2 amide bonds. The number of para-hydroxylation sites is 1. The van der Waals surface area contributed by atoms with E-state index >= 15 is 0 Å². The second-order valence-electron chi connectivity index (χ2n) is 8.89. The molecule has 2 aliphatic heterocycles. The normalized spacial score (nSPS) is 18.2. The molecule has 1 aromatic heterocycles. The van der Waals surface area contributed by atoms with Crippen LogP contribution in [0.25, 0.3) is 11.3 Å². The maximum absolute atomic E-state index is 12.5. The van der Waals surface area contributed by atoms with E-state index in [0.717, 1.165) is 31.4 Å². The van der Waals surface area contributed by atoms with Gasteiger partial charge in [-0.25, -0.2) is 4.68 Å². The Morgan fingerprint density at radius 2 is 1.80 bits per heavy atom. The van der Waals surface area contributed by atoms with E-state index in [4.69, 9.17) is 16.9 Å². The number of carbonyl (C=O) groups excluding carboxylic acids is 2. The molecule has 8 heteroatoms. The Bertz CT molecular complexity index is 1280. The molecule has 1 saturated heterocycles. The second-order valence-corrected chi connectivity index (χ2v) is 8.89. The molecule has 3 heterocycles. The third-order valence-corrected chi connectivity index (χ3v) is 6.82. The summed E-state index contributed by atoms with van der Waals surface area (Å²) in [5, 5.41) is 8.23. The van der Waals surface area contributed by atoms with Gasteiger partial charge in [0.2, 0.25) is 5.91 Å². The van der Waals surface area contributed by atoms with E-state index in [-0.39, 0.29) is 11.9 Å². The van der Waals surface area contributed by atoms with Crippen LogP contribution in [-0.4, -0.2) is 46.1 Å². The van der Waals surface area contributed by atoms with Gasteiger partial charge in [0.25, 0.3) is 5.91 Å². The topological polar surface area (TPSA) is 102 Å². The zero-order valence-corrected chi connectivity index (χ0v) is 19.4. The summed E-state index contributed by atoms with van der Waals surface area (Å²) in [6.45, 7) is 5.70. The first-order valence-electron chi connectivity index (χ1n) is 12.4. The fraction of sp³-hybridized carbons (Fsp3) is 0.296. The molecule has 0 bridgehead atoms. The summed E-state index contributed by atoms with van der Waals surface area (Å²) in [6.07, 6.45) is 4.00. The molecule has 0 aliphatic carbocycles. The number of nitrogens with two attached hydrogens (primary N) is 1. The molecule has 0 unspecified atom stereocenters. The van der Waals surface area contributed by atoms with Crippen molar-refractivity contribution in [1.29, 1.82) is 0 Å². The lowest BCUT2D eigenvalue weighted by Gasteiger charge is -2.38. The molecule has 0 radical (unpaired) electrons. The van der Waals surface area contributed by atoms with Crippen molar-refractivity contribution >= 4 is 17.6 Å². The van der Waals surface area contributed by atoms with Crippen molar-refractivity contribution in [3.63, 3.8) is 0 Å². The molecule has 8 nitrogen and oxygen atoms in total. The van der Waals surface area contributed by atoms with Crippen LogP contribution in [-0.2, 0) is 4.79 Å². The lowest BCUT2D eigenvalue weighted by Crippen LogP contribution is -2.41. The largest absolute Gasteiger partial charge is 0.457 e. The Hall–Kier alpha value is -4.07. The van der Waals surface area contributed by atoms with E-state index in [1.165, 1.54) is 6.08 Å². The highest BCUT2D eigenvalue weighted by molar-refractivity contribution is 6.03. The van der Waals surface area contributed by atoms with E-state index < -0.39 is 5.91 Å². The smallest absolute Gasteiger partial charge is 0.254 e. The Morgan fingerprint density at radius 3 is 2.46 bits per heavy atom. The first kappa shape index (κ1) is 21.5. The van der Waals surface area contributed by atoms with Crippen LogP contribution in [0.1, 0.15) is 37.0 Å². The van der Waals surface area contributed by atoms with E-state index in [9.17, 15) is 9.59 Å². The monoisotopic (exact) mass is 472 g/mol. The number of aromatic nitrogens is 2. The van der Waals surface area contributed by atoms with Gasteiger partial charge in [0, 0.05) is 25.2 Å². The van der Waals surface area contributed by atoms with Crippen molar-refractivity contribution in [1.82, 2.24) is 14.7 Å². The second kappa shape index (κ2) is 9.66. The van der Waals surface area contributed by atoms with Crippen molar-refractivity contribution in [2.75, 3.05) is 25.0 Å². The Labute approximate surface area is 205 Å². The summed E-state index contributed by atoms with van der Waals surface area (Å²) in [7, 11) is 0. The zero-order valence-electron chi connectivity index (χ0n) is 20.4. The average Bonchev–Trinajstić information content (AvgIpc) is 3.30. The molecule has 3 aromatic rings. The van der Waals surface area contributed by atoms with Crippen LogP contribution >= 0.6 is 0 Å². The van der Waals surface area contributed by atoms with Crippen LogP contribution in [0.15, 0.2) is 67.2 Å². The van der Waals surface area contributed by atoms with E-state index in [1.54, 1.807) is 24.3 Å². The maximum atomic E-state index is 12.5. The van der Waals surface area contributed by atoms with Gasteiger partial charge in [-0.15, -0.1) is 0 Å². The molecule has 2 aliphatic rings. The van der Waals surface area contributed by atoms with Gasteiger partial charge in [0.05, 0.1) is 7.41 Å². The Balaban J connectivity index is 1.40. The molecule has 35 heavy (non-hydrogen) atoms. The van der Waals surface area contributed by atoms with Crippen LogP contribution in [0.5, 0.6) is 11.5 Å². The van der Waals surface area contributed by atoms with Gasteiger partial charge in [0.15, 0.2) is 0 Å². The summed E-state index contributed by atoms with van der Waals surface area (Å²) >= 11 is 0. The number of piperidine rings is 1. The molecule has 0 saturated carbocycles. The number of carbonyl (C=O) groups is 2. The van der Waals surface area contributed by atoms with Gasteiger partial charge >= 0.3 is 0 Å². The van der Waals surface area contributed by atoms with Crippen LogP contribution in [0.4, 0.5) is 5.82 Å². The molecule has 1 fully saturated rings. The average molecular weight is 473 g/mol. The number of nitrogens with zero attached hydrogens (tertiary/aromatic N) is 3. The number of benzene rings is 2. The number of fused-ring (bicyclic) bond motifs is 1. The fourth-order valence-electron chi connectivity index (χ4n) is 5.07. The number of hydrogen-bond donors (Lipinski definition) is 2. The zero-order chi connectivity index (χ0) is 25.2. The van der Waals surface area contributed by atoms with E-state index in [1.807, 2.05) is 33.8 Å². The van der Waals surface area contributed by atoms with Crippen molar-refractivity contribution in [2.24, 2.45) is 11.7 Å². The lowest BCUT2D eigenvalue weighted by molar-refractivity contribution is -0.127. The van der Waals surface area contributed by atoms with Crippen LogP contribution < -0.4 is 15.8 Å². The van der Waals surface area contributed by atoms with Crippen LogP contribution in [0, 0.1) is 5.92 Å². The Morgan fingerprint density at radius 1 is 1.11 bits per heavy atom. The van der Waals surface area contributed by atoms with E-state index in [0.29, 0.717) is 53.6 Å². The lowest BCUT2D eigenvalue weighted by atomic mass is 9.87. The molecule has 2 aromatic carbocycles. The number of rotatable bonds is 6. The summed E-state index contributed by atoms with van der Waals surface area (Å²) in [6, 6.07) is 14.7. The number of likely N-dealkylation sites (tertiary alicyclic amines) is 1. The minimum atomic E-state index is -0.526. The number of amides is 2. The molecule has 5 rings (SSSR count). The predicted octanol–water partition coefficient (Wildman–Crippen LogP) is 4.22. The quantitative estimate of drug-likeness (QED) is 0.523. The molecular formula is C27H29N5O3. The van der Waals surface area contributed by atoms with Crippen LogP contribution in [0.2, 0.25) is 0 Å². The van der Waals surface area contributed by atoms with Gasteiger partial charge in [-0.05, 0) is 67.7 Å². The van der Waals surface area contributed by atoms with Gasteiger partial charge in [0.1, 0.15) is 28.6 Å². The van der Waals surface area contributed by atoms with Gasteiger partial charge < -0.3 is 20.7 Å². The summed E-state index contributed by atoms with van der Waals surface area (Å²) in [4.78, 5) is 26.3. The van der Waals surface area contributed by atoms with Gasteiger partial charge in [-0.2, -0.15) is 5.10 Å². The highest BCUT2D eigenvalue weighted by Crippen LogP contribution is 2.40. The third kappa shape index (κ3) is 4.51. The highest BCUT2D eigenvalue weighted by atomic mass is 16.5. The van der Waals surface area contributed by atoms with Gasteiger partial charge in [-0.3, -0.25) is 9.59 Å². The first-order valence-corrected chi connectivity index (χ1v) is 11.9. The first-order chi connectivity index (χ1) is 17.4. The highest BCUT2D eigenvalue weighted by Gasteiger charge is 2.35. The predicted molar refractivity (Wildman–Crippen MR) is 134 cm³/mol. The van der Waals surface area contributed by atoms with Crippen molar-refractivity contribution in [3.8, 4) is 22.8 Å². The van der Waals surface area contributed by atoms with Crippen molar-refractivity contribution in [2.45, 2.75) is 25.3 Å². The molecule has 1 atom stereocenters. The SMILES string of the molecule is [2H]c1ccc(Oc2ccc(-c3nn4c(c3C(N)=O)NCC[C@H]4C3CCN(C(=O)C=C)CC3)cc2)cc1. The van der Waals surface area contributed by atoms with Crippen LogP contribution in [0.3, 0.4) is 0 Å². The summed E-state index contributed by atoms with van der Waals surface area (Å²) in [5.41, 5.74) is 7.53. The van der Waals surface area contributed by atoms with E-state index in [2.05, 4.69) is 11.9 Å². The summed E-state index contributed by atoms with van der Waals surface area (Å²) < 4.78 is 15.4. The van der Waals surface area contributed by atoms with Crippen molar-refractivity contribution in [3.05, 3.63) is 72.8 Å². The number of primary amides is 1. The minimum absolute atomic E-state index is 0.0299. The summed E-state index contributed by atoms with van der Waals surface area (Å²) in [5.74, 6) is 1.73. The number of hydrogen-bond acceptors (Lipinski definition) is 5. The number of ether oxygens (including phenoxy) is 1. The third-order valence-electron chi connectivity index (χ3n) is 6.82. The Kier molecular flexibility index (Phi) is 5.92. The molecule has 0 spiro atoms. The van der Waals surface area contributed by atoms with Gasteiger partial charge in [-0.1, -0.05) is 24.8 Å². The number of anilines is 1. The number of nitrogens with one attached hydrogen (secondary N) is 1. The fourth-order valence-corrected chi connectivity index (χ4v) is 5.07. The maximum Gasteiger partial charge on any atom is 0.254 e. The molecule has 3 N–H and O–H groups in total. The standard InChI is InChI=1S/C27H29N5O3/c1-2-23(33)31-16-13-18(14-17-31)22-12-15-29-27-24(26(28)34)25(30-32(22)27)19-8-10-21(11-9-19)35-20-6-4-3-5-7-20/h2-11,18,22,29H,1,12-17H2,(H2,28,34)/t22-/m0/s1/i3D. The minimum Gasteiger partial charge on any atom is -0.457 e.